The zero-order valence-electron chi connectivity index (χ0n) is 11.4. The van der Waals surface area contributed by atoms with E-state index in [1.54, 1.807) is 6.20 Å². The van der Waals surface area contributed by atoms with E-state index in [1.807, 2.05) is 24.3 Å². The summed E-state index contributed by atoms with van der Waals surface area (Å²) in [6.07, 6.45) is 1.77. The molecular weight excluding hydrogens is 236 g/mol. The molecule has 100 valence electrons. The molecule has 4 heteroatoms. The molecule has 0 unspecified atom stereocenters. The third kappa shape index (κ3) is 4.58. The van der Waals surface area contributed by atoms with Gasteiger partial charge in [0.15, 0.2) is 0 Å². The van der Waals surface area contributed by atoms with E-state index in [1.165, 1.54) is 5.56 Å². The molecule has 0 saturated carbocycles. The first-order valence-corrected chi connectivity index (χ1v) is 6.59. The monoisotopic (exact) mass is 256 g/mol. The molecule has 0 fully saturated rings. The normalized spacial score (nSPS) is 10.5. The molecule has 1 aromatic heterocycles. The molecule has 1 heterocycles. The summed E-state index contributed by atoms with van der Waals surface area (Å²) in [6, 6.07) is 12.1. The molecule has 0 aliphatic carbocycles. The minimum absolute atomic E-state index is 0.593. The maximum absolute atomic E-state index is 4.43. The molecule has 2 rings (SSSR count). The quantitative estimate of drug-likeness (QED) is 0.833. The van der Waals surface area contributed by atoms with Crippen LogP contribution in [-0.4, -0.2) is 16.5 Å². The lowest BCUT2D eigenvalue weighted by molar-refractivity contribution is 0.687. The minimum Gasteiger partial charge on any atom is -0.370 e. The lowest BCUT2D eigenvalue weighted by Gasteiger charge is -2.09. The van der Waals surface area contributed by atoms with Crippen molar-refractivity contribution in [3.05, 3.63) is 48.2 Å². The molecule has 19 heavy (non-hydrogen) atoms. The van der Waals surface area contributed by atoms with E-state index in [2.05, 4.69) is 46.6 Å². The fraction of sp³-hybridized carbons (Fsp3) is 0.333. The topological polar surface area (TPSA) is 49.8 Å². The number of anilines is 2. The van der Waals surface area contributed by atoms with Crippen molar-refractivity contribution in [2.24, 2.45) is 5.92 Å². The van der Waals surface area contributed by atoms with Crippen molar-refractivity contribution in [2.75, 3.05) is 17.2 Å². The zero-order valence-corrected chi connectivity index (χ0v) is 11.4. The van der Waals surface area contributed by atoms with Gasteiger partial charge in [-0.15, -0.1) is 0 Å². The Bertz CT molecular complexity index is 497. The second-order valence-corrected chi connectivity index (χ2v) is 4.88. The van der Waals surface area contributed by atoms with E-state index >= 15 is 0 Å². The van der Waals surface area contributed by atoms with E-state index in [9.17, 15) is 0 Å². The van der Waals surface area contributed by atoms with Gasteiger partial charge in [0, 0.05) is 19.3 Å². The van der Waals surface area contributed by atoms with E-state index in [0.29, 0.717) is 11.9 Å². The number of benzene rings is 1. The Morgan fingerprint density at radius 1 is 1.05 bits per heavy atom. The fourth-order valence-electron chi connectivity index (χ4n) is 1.63. The molecule has 0 bridgehead atoms. The molecule has 2 aromatic rings. The highest BCUT2D eigenvalue weighted by Crippen LogP contribution is 2.08. The van der Waals surface area contributed by atoms with Gasteiger partial charge in [-0.1, -0.05) is 44.2 Å². The van der Waals surface area contributed by atoms with Gasteiger partial charge in [-0.25, -0.2) is 4.98 Å². The second kappa shape index (κ2) is 6.73. The number of hydrogen-bond acceptors (Lipinski definition) is 4. The number of rotatable bonds is 6. The highest BCUT2D eigenvalue weighted by Gasteiger charge is 2.00. The lowest BCUT2D eigenvalue weighted by atomic mass is 10.2. The maximum Gasteiger partial charge on any atom is 0.224 e. The summed E-state index contributed by atoms with van der Waals surface area (Å²) in [5, 5.41) is 6.52. The average molecular weight is 256 g/mol. The SMILES string of the molecule is CC(C)CNc1ccnc(NCc2ccccc2)n1. The first kappa shape index (κ1) is 13.3. The van der Waals surface area contributed by atoms with Crippen LogP contribution in [0.3, 0.4) is 0 Å². The van der Waals surface area contributed by atoms with Gasteiger partial charge in [0.1, 0.15) is 5.82 Å². The van der Waals surface area contributed by atoms with Crippen LogP contribution in [-0.2, 0) is 6.54 Å². The van der Waals surface area contributed by atoms with Crippen LogP contribution < -0.4 is 10.6 Å². The second-order valence-electron chi connectivity index (χ2n) is 4.88. The largest absolute Gasteiger partial charge is 0.370 e. The van der Waals surface area contributed by atoms with Gasteiger partial charge in [-0.05, 0) is 17.5 Å². The van der Waals surface area contributed by atoms with Crippen molar-refractivity contribution in [3.63, 3.8) is 0 Å². The number of hydrogen-bond donors (Lipinski definition) is 2. The number of nitrogens with zero attached hydrogens (tertiary/aromatic N) is 2. The van der Waals surface area contributed by atoms with Crippen LogP contribution >= 0.6 is 0 Å². The summed E-state index contributed by atoms with van der Waals surface area (Å²) >= 11 is 0. The molecule has 4 nitrogen and oxygen atoms in total. The zero-order chi connectivity index (χ0) is 13.5. The molecule has 0 atom stereocenters. The third-order valence-corrected chi connectivity index (χ3v) is 2.64. The third-order valence-electron chi connectivity index (χ3n) is 2.64. The van der Waals surface area contributed by atoms with Gasteiger partial charge in [-0.3, -0.25) is 0 Å². The molecule has 0 saturated heterocycles. The molecule has 2 N–H and O–H groups in total. The summed E-state index contributed by atoms with van der Waals surface area (Å²) < 4.78 is 0. The Labute approximate surface area is 114 Å². The Hall–Kier alpha value is -2.10. The lowest BCUT2D eigenvalue weighted by Crippen LogP contribution is -2.10. The fourth-order valence-corrected chi connectivity index (χ4v) is 1.63. The van der Waals surface area contributed by atoms with Crippen LogP contribution in [0.2, 0.25) is 0 Å². The van der Waals surface area contributed by atoms with Crippen molar-refractivity contribution in [2.45, 2.75) is 20.4 Å². The van der Waals surface area contributed by atoms with Gasteiger partial charge in [0.05, 0.1) is 0 Å². The summed E-state index contributed by atoms with van der Waals surface area (Å²) in [5.74, 6) is 2.10. The molecule has 0 aliphatic rings. The Balaban J connectivity index is 1.91. The smallest absolute Gasteiger partial charge is 0.224 e. The summed E-state index contributed by atoms with van der Waals surface area (Å²) in [7, 11) is 0. The van der Waals surface area contributed by atoms with Crippen molar-refractivity contribution in [1.29, 1.82) is 0 Å². The predicted octanol–water partition coefficient (Wildman–Crippen LogP) is 3.16. The van der Waals surface area contributed by atoms with Crippen LogP contribution in [0.4, 0.5) is 11.8 Å². The van der Waals surface area contributed by atoms with Crippen molar-refractivity contribution >= 4 is 11.8 Å². The maximum atomic E-state index is 4.43. The van der Waals surface area contributed by atoms with E-state index in [-0.39, 0.29) is 0 Å². The van der Waals surface area contributed by atoms with Crippen LogP contribution in [0.25, 0.3) is 0 Å². The van der Waals surface area contributed by atoms with Gasteiger partial charge in [0.2, 0.25) is 5.95 Å². The van der Waals surface area contributed by atoms with E-state index in [4.69, 9.17) is 0 Å². The van der Waals surface area contributed by atoms with Crippen LogP contribution in [0.15, 0.2) is 42.6 Å². The number of nitrogens with one attached hydrogen (secondary N) is 2. The predicted molar refractivity (Wildman–Crippen MR) is 79.1 cm³/mol. The first-order chi connectivity index (χ1) is 9.24. The Morgan fingerprint density at radius 2 is 1.84 bits per heavy atom. The van der Waals surface area contributed by atoms with Crippen LogP contribution in [0.1, 0.15) is 19.4 Å². The van der Waals surface area contributed by atoms with Crippen molar-refractivity contribution in [3.8, 4) is 0 Å². The van der Waals surface area contributed by atoms with Crippen LogP contribution in [0, 0.1) is 5.92 Å². The first-order valence-electron chi connectivity index (χ1n) is 6.59. The van der Waals surface area contributed by atoms with E-state index in [0.717, 1.165) is 18.9 Å². The van der Waals surface area contributed by atoms with Gasteiger partial charge in [-0.2, -0.15) is 4.98 Å². The highest BCUT2D eigenvalue weighted by atomic mass is 15.1. The van der Waals surface area contributed by atoms with Crippen LogP contribution in [0.5, 0.6) is 0 Å². The molecule has 0 aliphatic heterocycles. The van der Waals surface area contributed by atoms with Crippen molar-refractivity contribution < 1.29 is 0 Å². The summed E-state index contributed by atoms with van der Waals surface area (Å²) in [4.78, 5) is 8.65. The summed E-state index contributed by atoms with van der Waals surface area (Å²) in [5.41, 5.74) is 1.21. The molecular formula is C15H20N4. The Morgan fingerprint density at radius 3 is 2.58 bits per heavy atom. The van der Waals surface area contributed by atoms with Gasteiger partial charge >= 0.3 is 0 Å². The van der Waals surface area contributed by atoms with E-state index < -0.39 is 0 Å². The van der Waals surface area contributed by atoms with Gasteiger partial charge in [0.25, 0.3) is 0 Å². The number of aromatic nitrogens is 2. The Kier molecular flexibility index (Phi) is 4.72. The standard InChI is InChI=1S/C15H20N4/c1-12(2)10-17-14-8-9-16-15(19-14)18-11-13-6-4-3-5-7-13/h3-9,12H,10-11H2,1-2H3,(H2,16,17,18,19). The minimum atomic E-state index is 0.593. The highest BCUT2D eigenvalue weighted by molar-refractivity contribution is 5.39. The molecule has 0 spiro atoms. The molecule has 1 aromatic carbocycles. The van der Waals surface area contributed by atoms with Gasteiger partial charge < -0.3 is 10.6 Å². The molecule has 0 amide bonds. The van der Waals surface area contributed by atoms with Crippen molar-refractivity contribution in [1.82, 2.24) is 9.97 Å². The molecule has 0 radical (unpaired) electrons. The summed E-state index contributed by atoms with van der Waals surface area (Å²) in [6.45, 7) is 5.98. The average Bonchev–Trinajstić information content (AvgIpc) is 2.44.